The molecule has 2 aromatic rings. The number of rotatable bonds is 7. The standard InChI is InChI=1S/C24H32N2O2/c1-19-5-4-6-22(17-19)24(27)25(2)18-21-12-15-26(16-13-21)14-11-20-7-9-23(28-3)10-8-20/h4-10,17,21H,11-16,18H2,1-3H3. The maximum Gasteiger partial charge on any atom is 0.253 e. The average molecular weight is 381 g/mol. The maximum atomic E-state index is 12.6. The first-order valence-corrected chi connectivity index (χ1v) is 10.2. The molecule has 1 heterocycles. The van der Waals surface area contributed by atoms with Crippen molar-refractivity contribution in [3.8, 4) is 5.75 Å². The molecule has 4 heteroatoms. The lowest BCUT2D eigenvalue weighted by molar-refractivity contribution is 0.0740. The monoisotopic (exact) mass is 380 g/mol. The van der Waals surface area contributed by atoms with Crippen molar-refractivity contribution in [2.24, 2.45) is 5.92 Å². The summed E-state index contributed by atoms with van der Waals surface area (Å²) < 4.78 is 5.22. The number of carbonyl (C=O) groups is 1. The Kier molecular flexibility index (Phi) is 7.10. The van der Waals surface area contributed by atoms with Crippen molar-refractivity contribution in [2.75, 3.05) is 40.3 Å². The maximum absolute atomic E-state index is 12.6. The Morgan fingerprint density at radius 2 is 1.86 bits per heavy atom. The molecule has 2 aromatic carbocycles. The summed E-state index contributed by atoms with van der Waals surface area (Å²) in [6.07, 6.45) is 3.39. The van der Waals surface area contributed by atoms with E-state index in [0.29, 0.717) is 5.92 Å². The number of hydrogen-bond acceptors (Lipinski definition) is 3. The predicted molar refractivity (Wildman–Crippen MR) is 114 cm³/mol. The minimum atomic E-state index is 0.130. The van der Waals surface area contributed by atoms with Gasteiger partial charge in [-0.3, -0.25) is 4.79 Å². The summed E-state index contributed by atoms with van der Waals surface area (Å²) in [5, 5.41) is 0. The zero-order valence-corrected chi connectivity index (χ0v) is 17.4. The van der Waals surface area contributed by atoms with Gasteiger partial charge < -0.3 is 14.5 Å². The number of carbonyl (C=O) groups excluding carboxylic acids is 1. The van der Waals surface area contributed by atoms with Crippen LogP contribution in [0.2, 0.25) is 0 Å². The summed E-state index contributed by atoms with van der Waals surface area (Å²) in [5.41, 5.74) is 3.27. The predicted octanol–water partition coefficient (Wildman–Crippen LogP) is 4.03. The van der Waals surface area contributed by atoms with Crippen molar-refractivity contribution in [3.63, 3.8) is 0 Å². The Morgan fingerprint density at radius 3 is 2.50 bits per heavy atom. The number of hydrogen-bond donors (Lipinski definition) is 0. The Bertz CT molecular complexity index is 764. The van der Waals surface area contributed by atoms with Crippen LogP contribution in [0.25, 0.3) is 0 Å². The highest BCUT2D eigenvalue weighted by Gasteiger charge is 2.22. The summed E-state index contributed by atoms with van der Waals surface area (Å²) >= 11 is 0. The van der Waals surface area contributed by atoms with Gasteiger partial charge in [-0.1, -0.05) is 29.8 Å². The smallest absolute Gasteiger partial charge is 0.253 e. The van der Waals surface area contributed by atoms with E-state index < -0.39 is 0 Å². The minimum Gasteiger partial charge on any atom is -0.497 e. The van der Waals surface area contributed by atoms with E-state index in [-0.39, 0.29) is 5.91 Å². The highest BCUT2D eigenvalue weighted by atomic mass is 16.5. The quantitative estimate of drug-likeness (QED) is 0.727. The number of amides is 1. The second-order valence-corrected chi connectivity index (χ2v) is 7.94. The van der Waals surface area contributed by atoms with Crippen LogP contribution in [0.4, 0.5) is 0 Å². The molecular weight excluding hydrogens is 348 g/mol. The summed E-state index contributed by atoms with van der Waals surface area (Å²) in [4.78, 5) is 17.1. The van der Waals surface area contributed by atoms with Crippen LogP contribution in [0.3, 0.4) is 0 Å². The highest BCUT2D eigenvalue weighted by molar-refractivity contribution is 5.94. The van der Waals surface area contributed by atoms with Crippen molar-refractivity contribution < 1.29 is 9.53 Å². The van der Waals surface area contributed by atoms with E-state index >= 15 is 0 Å². The molecule has 0 aliphatic carbocycles. The molecule has 1 aliphatic heterocycles. The van der Waals surface area contributed by atoms with Crippen LogP contribution < -0.4 is 4.74 Å². The molecule has 0 N–H and O–H groups in total. The van der Waals surface area contributed by atoms with Gasteiger partial charge in [0.25, 0.3) is 5.91 Å². The summed E-state index contributed by atoms with van der Waals surface area (Å²) in [5.74, 6) is 1.63. The molecule has 28 heavy (non-hydrogen) atoms. The number of nitrogens with zero attached hydrogens (tertiary/aromatic N) is 2. The fourth-order valence-electron chi connectivity index (χ4n) is 3.94. The number of likely N-dealkylation sites (tertiary alicyclic amines) is 1. The summed E-state index contributed by atoms with van der Waals surface area (Å²) in [7, 11) is 3.63. The van der Waals surface area contributed by atoms with Crippen LogP contribution in [0.1, 0.15) is 34.3 Å². The van der Waals surface area contributed by atoms with Gasteiger partial charge in [-0.25, -0.2) is 0 Å². The molecule has 0 radical (unpaired) electrons. The molecule has 0 aromatic heterocycles. The zero-order chi connectivity index (χ0) is 19.9. The van der Waals surface area contributed by atoms with Crippen LogP contribution in [-0.2, 0) is 6.42 Å². The first-order chi connectivity index (χ1) is 13.5. The fourth-order valence-corrected chi connectivity index (χ4v) is 3.94. The molecule has 0 bridgehead atoms. The van der Waals surface area contributed by atoms with Gasteiger partial charge in [0, 0.05) is 25.7 Å². The Hall–Kier alpha value is -2.33. The van der Waals surface area contributed by atoms with E-state index in [1.807, 2.05) is 55.3 Å². The fraction of sp³-hybridized carbons (Fsp3) is 0.458. The van der Waals surface area contributed by atoms with Gasteiger partial charge in [0.15, 0.2) is 0 Å². The topological polar surface area (TPSA) is 32.8 Å². The second-order valence-electron chi connectivity index (χ2n) is 7.94. The van der Waals surface area contributed by atoms with Crippen LogP contribution in [0.15, 0.2) is 48.5 Å². The van der Waals surface area contributed by atoms with E-state index in [1.165, 1.54) is 5.56 Å². The molecule has 0 atom stereocenters. The number of piperidine rings is 1. The Labute approximate surface area is 169 Å². The number of benzene rings is 2. The highest BCUT2D eigenvalue weighted by Crippen LogP contribution is 2.20. The van der Waals surface area contributed by atoms with Crippen molar-refractivity contribution in [3.05, 3.63) is 65.2 Å². The molecule has 0 spiro atoms. The van der Waals surface area contributed by atoms with Crippen molar-refractivity contribution >= 4 is 5.91 Å². The minimum absolute atomic E-state index is 0.130. The van der Waals surface area contributed by atoms with Crippen molar-refractivity contribution in [1.29, 1.82) is 0 Å². The lowest BCUT2D eigenvalue weighted by Crippen LogP contribution is -2.40. The lowest BCUT2D eigenvalue weighted by atomic mass is 9.95. The van der Waals surface area contributed by atoms with E-state index in [4.69, 9.17) is 4.74 Å². The van der Waals surface area contributed by atoms with Crippen LogP contribution >= 0.6 is 0 Å². The summed E-state index contributed by atoms with van der Waals surface area (Å²) in [6, 6.07) is 16.2. The van der Waals surface area contributed by atoms with Gasteiger partial charge in [-0.05, 0) is 75.0 Å². The van der Waals surface area contributed by atoms with Crippen molar-refractivity contribution in [2.45, 2.75) is 26.2 Å². The molecule has 1 fully saturated rings. The Morgan fingerprint density at radius 1 is 1.14 bits per heavy atom. The SMILES string of the molecule is COc1ccc(CCN2CCC(CN(C)C(=O)c3cccc(C)c3)CC2)cc1. The average Bonchev–Trinajstić information content (AvgIpc) is 2.73. The Balaban J connectivity index is 1.41. The third-order valence-corrected chi connectivity index (χ3v) is 5.73. The molecule has 0 saturated carbocycles. The largest absolute Gasteiger partial charge is 0.497 e. The number of ether oxygens (including phenoxy) is 1. The lowest BCUT2D eigenvalue weighted by Gasteiger charge is -2.34. The van der Waals surface area contributed by atoms with Crippen LogP contribution in [0.5, 0.6) is 5.75 Å². The molecule has 1 amide bonds. The van der Waals surface area contributed by atoms with Gasteiger partial charge in [-0.15, -0.1) is 0 Å². The summed E-state index contributed by atoms with van der Waals surface area (Å²) in [6.45, 7) is 6.20. The van der Waals surface area contributed by atoms with Crippen LogP contribution in [-0.4, -0.2) is 56.0 Å². The molecule has 1 saturated heterocycles. The normalized spacial score (nSPS) is 15.4. The van der Waals surface area contributed by atoms with Gasteiger partial charge in [0.05, 0.1) is 7.11 Å². The molecule has 1 aliphatic rings. The molecule has 3 rings (SSSR count). The number of methoxy groups -OCH3 is 1. The van der Waals surface area contributed by atoms with Gasteiger partial charge in [0.2, 0.25) is 0 Å². The van der Waals surface area contributed by atoms with E-state index in [9.17, 15) is 4.79 Å². The molecule has 150 valence electrons. The zero-order valence-electron chi connectivity index (χ0n) is 17.4. The third kappa shape index (κ3) is 5.59. The van der Waals surface area contributed by atoms with Crippen molar-refractivity contribution in [1.82, 2.24) is 9.80 Å². The van der Waals surface area contributed by atoms with E-state index in [1.54, 1.807) is 7.11 Å². The first-order valence-electron chi connectivity index (χ1n) is 10.2. The van der Waals surface area contributed by atoms with E-state index in [0.717, 1.165) is 62.3 Å². The van der Waals surface area contributed by atoms with Crippen LogP contribution in [0, 0.1) is 12.8 Å². The second kappa shape index (κ2) is 9.74. The van der Waals surface area contributed by atoms with Gasteiger partial charge >= 0.3 is 0 Å². The van der Waals surface area contributed by atoms with Gasteiger partial charge in [-0.2, -0.15) is 0 Å². The first kappa shape index (κ1) is 20.4. The third-order valence-electron chi connectivity index (χ3n) is 5.73. The van der Waals surface area contributed by atoms with E-state index in [2.05, 4.69) is 17.0 Å². The van der Waals surface area contributed by atoms with Gasteiger partial charge in [0.1, 0.15) is 5.75 Å². The molecular formula is C24H32N2O2. The molecule has 4 nitrogen and oxygen atoms in total. The molecule has 0 unspecified atom stereocenters. The number of aryl methyl sites for hydroxylation is 1.